The van der Waals surface area contributed by atoms with E-state index < -0.39 is 0 Å². The standard InChI is InChI=1S/C9H15NO3/c1-12-9(11)7-3-5-8(6-4-7)10-13-2/h7H,3-6H2,1-2H3. The van der Waals surface area contributed by atoms with Gasteiger partial charge in [0, 0.05) is 0 Å². The molecular formula is C9H15NO3. The molecule has 0 aliphatic heterocycles. The third-order valence-electron chi connectivity index (χ3n) is 2.32. The van der Waals surface area contributed by atoms with Crippen LogP contribution >= 0.6 is 0 Å². The Morgan fingerprint density at radius 3 is 2.46 bits per heavy atom. The maximum Gasteiger partial charge on any atom is 0.308 e. The van der Waals surface area contributed by atoms with Crippen molar-refractivity contribution in [1.29, 1.82) is 0 Å². The van der Waals surface area contributed by atoms with Gasteiger partial charge < -0.3 is 9.57 Å². The first kappa shape index (κ1) is 10.0. The van der Waals surface area contributed by atoms with Gasteiger partial charge in [-0.15, -0.1) is 0 Å². The predicted octanol–water partition coefficient (Wildman–Crippen LogP) is 1.35. The highest BCUT2D eigenvalue weighted by Gasteiger charge is 2.24. The van der Waals surface area contributed by atoms with Crippen molar-refractivity contribution in [3.05, 3.63) is 0 Å². The lowest BCUT2D eigenvalue weighted by atomic mass is 9.88. The fraction of sp³-hybridized carbons (Fsp3) is 0.778. The van der Waals surface area contributed by atoms with Crippen LogP contribution in [0.1, 0.15) is 25.7 Å². The van der Waals surface area contributed by atoms with Crippen LogP contribution in [0.15, 0.2) is 5.16 Å². The highest BCUT2D eigenvalue weighted by molar-refractivity contribution is 5.86. The van der Waals surface area contributed by atoms with Gasteiger partial charge in [0.25, 0.3) is 0 Å². The molecule has 0 aromatic carbocycles. The minimum atomic E-state index is -0.100. The van der Waals surface area contributed by atoms with Gasteiger partial charge in [-0.3, -0.25) is 4.79 Å². The molecule has 0 atom stereocenters. The Morgan fingerprint density at radius 1 is 1.38 bits per heavy atom. The summed E-state index contributed by atoms with van der Waals surface area (Å²) in [6, 6.07) is 0. The Morgan fingerprint density at radius 2 is 2.00 bits per heavy atom. The number of rotatable bonds is 2. The molecule has 13 heavy (non-hydrogen) atoms. The van der Waals surface area contributed by atoms with E-state index in [1.807, 2.05) is 0 Å². The fourth-order valence-corrected chi connectivity index (χ4v) is 1.57. The van der Waals surface area contributed by atoms with Crippen molar-refractivity contribution >= 4 is 11.7 Å². The van der Waals surface area contributed by atoms with Gasteiger partial charge in [-0.25, -0.2) is 0 Å². The van der Waals surface area contributed by atoms with E-state index in [1.54, 1.807) is 7.11 Å². The third-order valence-corrected chi connectivity index (χ3v) is 2.32. The van der Waals surface area contributed by atoms with Gasteiger partial charge in [-0.05, 0) is 25.7 Å². The minimum absolute atomic E-state index is 0.0563. The van der Waals surface area contributed by atoms with Gasteiger partial charge in [-0.1, -0.05) is 5.16 Å². The minimum Gasteiger partial charge on any atom is -0.469 e. The number of oxime groups is 1. The van der Waals surface area contributed by atoms with E-state index in [-0.39, 0.29) is 11.9 Å². The molecule has 0 aromatic heterocycles. The number of esters is 1. The molecule has 1 rings (SSSR count). The topological polar surface area (TPSA) is 47.9 Å². The molecule has 0 saturated heterocycles. The van der Waals surface area contributed by atoms with Crippen LogP contribution in [0.3, 0.4) is 0 Å². The van der Waals surface area contributed by atoms with Crippen molar-refractivity contribution in [2.75, 3.05) is 14.2 Å². The van der Waals surface area contributed by atoms with E-state index in [0.29, 0.717) is 0 Å². The highest BCUT2D eigenvalue weighted by atomic mass is 16.6. The average Bonchev–Trinajstić information content (AvgIpc) is 2.18. The van der Waals surface area contributed by atoms with E-state index in [0.717, 1.165) is 31.4 Å². The van der Waals surface area contributed by atoms with Crippen LogP contribution in [0.2, 0.25) is 0 Å². The monoisotopic (exact) mass is 185 g/mol. The van der Waals surface area contributed by atoms with Crippen LogP contribution in [0.5, 0.6) is 0 Å². The zero-order valence-electron chi connectivity index (χ0n) is 8.08. The Kier molecular flexibility index (Phi) is 3.73. The number of hydrogen-bond acceptors (Lipinski definition) is 4. The van der Waals surface area contributed by atoms with E-state index in [4.69, 9.17) is 0 Å². The van der Waals surface area contributed by atoms with Gasteiger partial charge >= 0.3 is 5.97 Å². The Hall–Kier alpha value is -1.06. The largest absolute Gasteiger partial charge is 0.469 e. The third kappa shape index (κ3) is 2.72. The normalized spacial score (nSPS) is 22.3. The number of carbonyl (C=O) groups is 1. The van der Waals surface area contributed by atoms with Crippen LogP contribution in [0.25, 0.3) is 0 Å². The van der Waals surface area contributed by atoms with Gasteiger partial charge in [-0.2, -0.15) is 0 Å². The van der Waals surface area contributed by atoms with Crippen LogP contribution in [0.4, 0.5) is 0 Å². The quantitative estimate of drug-likeness (QED) is 0.482. The number of nitrogens with zero attached hydrogens (tertiary/aromatic N) is 1. The number of ether oxygens (including phenoxy) is 1. The lowest BCUT2D eigenvalue weighted by Crippen LogP contribution is -2.22. The zero-order chi connectivity index (χ0) is 9.68. The van der Waals surface area contributed by atoms with E-state index in [9.17, 15) is 4.79 Å². The first-order valence-electron chi connectivity index (χ1n) is 4.44. The smallest absolute Gasteiger partial charge is 0.308 e. The van der Waals surface area contributed by atoms with Gasteiger partial charge in [0.05, 0.1) is 18.7 Å². The second-order valence-electron chi connectivity index (χ2n) is 3.14. The zero-order valence-corrected chi connectivity index (χ0v) is 8.08. The second-order valence-corrected chi connectivity index (χ2v) is 3.14. The van der Waals surface area contributed by atoms with Crippen molar-refractivity contribution in [2.45, 2.75) is 25.7 Å². The first-order valence-corrected chi connectivity index (χ1v) is 4.44. The molecule has 0 spiro atoms. The molecule has 1 aliphatic rings. The summed E-state index contributed by atoms with van der Waals surface area (Å²) in [6.45, 7) is 0. The number of hydrogen-bond donors (Lipinski definition) is 0. The Balaban J connectivity index is 2.39. The molecule has 0 aromatic rings. The summed E-state index contributed by atoms with van der Waals surface area (Å²) < 4.78 is 4.67. The summed E-state index contributed by atoms with van der Waals surface area (Å²) in [4.78, 5) is 15.8. The molecule has 1 aliphatic carbocycles. The second kappa shape index (κ2) is 4.84. The van der Waals surface area contributed by atoms with Crippen LogP contribution in [-0.2, 0) is 14.4 Å². The summed E-state index contributed by atoms with van der Waals surface area (Å²) in [7, 11) is 2.97. The summed E-state index contributed by atoms with van der Waals surface area (Å²) in [5.41, 5.74) is 1.04. The molecule has 0 amide bonds. The van der Waals surface area contributed by atoms with E-state index in [2.05, 4.69) is 14.7 Å². The van der Waals surface area contributed by atoms with Crippen molar-refractivity contribution in [2.24, 2.45) is 11.1 Å². The molecule has 4 nitrogen and oxygen atoms in total. The SMILES string of the molecule is CON=C1CCC(C(=O)OC)CC1. The van der Waals surface area contributed by atoms with Gasteiger partial charge in [0.2, 0.25) is 0 Å². The molecular weight excluding hydrogens is 170 g/mol. The van der Waals surface area contributed by atoms with Crippen molar-refractivity contribution in [1.82, 2.24) is 0 Å². The molecule has 74 valence electrons. The van der Waals surface area contributed by atoms with Gasteiger partial charge in [0.15, 0.2) is 0 Å². The van der Waals surface area contributed by atoms with Crippen LogP contribution in [-0.4, -0.2) is 25.9 Å². The molecule has 0 heterocycles. The lowest BCUT2D eigenvalue weighted by molar-refractivity contribution is -0.146. The molecule has 0 unspecified atom stereocenters. The van der Waals surface area contributed by atoms with E-state index in [1.165, 1.54) is 7.11 Å². The molecule has 4 heteroatoms. The maximum absolute atomic E-state index is 11.1. The highest BCUT2D eigenvalue weighted by Crippen LogP contribution is 2.23. The summed E-state index contributed by atoms with van der Waals surface area (Å²) in [6.07, 6.45) is 3.34. The van der Waals surface area contributed by atoms with Crippen molar-refractivity contribution in [3.8, 4) is 0 Å². The van der Waals surface area contributed by atoms with Crippen molar-refractivity contribution < 1.29 is 14.4 Å². The summed E-state index contributed by atoms with van der Waals surface area (Å²) >= 11 is 0. The maximum atomic E-state index is 11.1. The molecule has 1 fully saturated rings. The Bertz CT molecular complexity index is 203. The van der Waals surface area contributed by atoms with E-state index >= 15 is 0 Å². The van der Waals surface area contributed by atoms with Crippen LogP contribution in [0, 0.1) is 5.92 Å². The Labute approximate surface area is 77.9 Å². The molecule has 0 radical (unpaired) electrons. The predicted molar refractivity (Wildman–Crippen MR) is 48.4 cm³/mol. The molecule has 0 N–H and O–H groups in total. The van der Waals surface area contributed by atoms with Gasteiger partial charge in [0.1, 0.15) is 7.11 Å². The number of carbonyl (C=O) groups excluding carboxylic acids is 1. The summed E-state index contributed by atoms with van der Waals surface area (Å²) in [5, 5.41) is 3.87. The first-order chi connectivity index (χ1) is 6.27. The summed E-state index contributed by atoms with van der Waals surface area (Å²) in [5.74, 6) is -0.0442. The lowest BCUT2D eigenvalue weighted by Gasteiger charge is -2.19. The molecule has 1 saturated carbocycles. The van der Waals surface area contributed by atoms with Crippen molar-refractivity contribution in [3.63, 3.8) is 0 Å². The molecule has 0 bridgehead atoms. The fourth-order valence-electron chi connectivity index (χ4n) is 1.57. The van der Waals surface area contributed by atoms with Crippen LogP contribution < -0.4 is 0 Å². The number of methoxy groups -OCH3 is 1. The average molecular weight is 185 g/mol.